The highest BCUT2D eigenvalue weighted by molar-refractivity contribution is 7.92. The molecule has 3 aromatic rings. The minimum Gasteiger partial charge on any atom is -0.495 e. The fraction of sp³-hybridized carbons (Fsp3) is 0.364. The minimum atomic E-state index is -3.87. The number of nitrogens with one attached hydrogen (secondary N) is 1. The highest BCUT2D eigenvalue weighted by Gasteiger charge is 2.21. The molecule has 2 heterocycles. The lowest BCUT2D eigenvalue weighted by molar-refractivity contribution is 0.0323. The van der Waals surface area contributed by atoms with Gasteiger partial charge in [-0.15, -0.1) is 0 Å². The zero-order chi connectivity index (χ0) is 21.8. The summed E-state index contributed by atoms with van der Waals surface area (Å²) in [6.07, 6.45) is 1.56. The van der Waals surface area contributed by atoms with Crippen molar-refractivity contribution in [2.75, 3.05) is 51.3 Å². The van der Waals surface area contributed by atoms with Crippen LogP contribution in [-0.2, 0) is 14.8 Å². The van der Waals surface area contributed by atoms with E-state index in [4.69, 9.17) is 18.6 Å². The third kappa shape index (κ3) is 4.95. The smallest absolute Gasteiger partial charge is 0.265 e. The minimum absolute atomic E-state index is 0.0806. The number of nitrogens with zero attached hydrogens (tertiary/aromatic N) is 1. The molecule has 0 radical (unpaired) electrons. The van der Waals surface area contributed by atoms with Crippen LogP contribution < -0.4 is 14.2 Å². The Kier molecular flexibility index (Phi) is 6.35. The molecule has 1 saturated heterocycles. The number of hydrogen-bond donors (Lipinski definition) is 1. The first-order chi connectivity index (χ1) is 15.0. The van der Waals surface area contributed by atoms with Gasteiger partial charge in [0, 0.05) is 31.1 Å². The predicted octanol–water partition coefficient (Wildman–Crippen LogP) is 3.26. The second-order valence-corrected chi connectivity index (χ2v) is 9.03. The Morgan fingerprint density at radius 3 is 2.68 bits per heavy atom. The molecule has 1 N–H and O–H groups in total. The van der Waals surface area contributed by atoms with Gasteiger partial charge < -0.3 is 18.6 Å². The van der Waals surface area contributed by atoms with E-state index in [9.17, 15) is 8.42 Å². The van der Waals surface area contributed by atoms with Gasteiger partial charge in [0.25, 0.3) is 10.0 Å². The van der Waals surface area contributed by atoms with Crippen LogP contribution in [0, 0.1) is 6.92 Å². The summed E-state index contributed by atoms with van der Waals surface area (Å²) in [5.74, 6) is 0.772. The zero-order valence-corrected chi connectivity index (χ0v) is 18.4. The zero-order valence-electron chi connectivity index (χ0n) is 17.6. The second-order valence-electron chi connectivity index (χ2n) is 7.38. The number of furan rings is 1. The van der Waals surface area contributed by atoms with Crippen LogP contribution in [-0.4, -0.2) is 59.9 Å². The monoisotopic (exact) mass is 446 g/mol. The van der Waals surface area contributed by atoms with Gasteiger partial charge in [0.15, 0.2) is 11.3 Å². The number of rotatable bonds is 8. The van der Waals surface area contributed by atoms with Gasteiger partial charge in [-0.3, -0.25) is 9.62 Å². The van der Waals surface area contributed by atoms with Crippen molar-refractivity contribution in [3.05, 3.63) is 48.2 Å². The molecule has 8 nitrogen and oxygen atoms in total. The molecule has 1 fully saturated rings. The Bertz CT molecular complexity index is 1150. The lowest BCUT2D eigenvalue weighted by atomic mass is 10.2. The van der Waals surface area contributed by atoms with E-state index in [0.29, 0.717) is 23.6 Å². The highest BCUT2D eigenvalue weighted by Crippen LogP contribution is 2.33. The number of hydrogen-bond acceptors (Lipinski definition) is 7. The van der Waals surface area contributed by atoms with E-state index in [1.807, 2.05) is 6.92 Å². The van der Waals surface area contributed by atoms with Crippen LogP contribution in [0.25, 0.3) is 11.0 Å². The molecule has 2 aromatic carbocycles. The van der Waals surface area contributed by atoms with Crippen molar-refractivity contribution in [3.8, 4) is 11.5 Å². The van der Waals surface area contributed by atoms with Crippen molar-refractivity contribution in [3.63, 3.8) is 0 Å². The van der Waals surface area contributed by atoms with Crippen molar-refractivity contribution < 1.29 is 27.0 Å². The molecule has 4 rings (SSSR count). The number of benzene rings is 2. The van der Waals surface area contributed by atoms with Crippen LogP contribution in [0.3, 0.4) is 0 Å². The molecule has 166 valence electrons. The molecule has 1 aliphatic rings. The van der Waals surface area contributed by atoms with Crippen LogP contribution >= 0.6 is 0 Å². The Morgan fingerprint density at radius 2 is 1.90 bits per heavy atom. The molecular weight excluding hydrogens is 420 g/mol. The standard InChI is InChI=1S/C22H26N2O6S/c1-16-3-4-19(27-2)21(13-16)31(25,26)23-18-14-17-5-9-30-22(17)20(15-18)29-12-8-24-6-10-28-11-7-24/h3-5,9,13-15,23H,6-8,10-12H2,1-2H3. The highest BCUT2D eigenvalue weighted by atomic mass is 32.2. The third-order valence-corrected chi connectivity index (χ3v) is 6.55. The molecule has 0 unspecified atom stereocenters. The summed E-state index contributed by atoms with van der Waals surface area (Å²) >= 11 is 0. The summed E-state index contributed by atoms with van der Waals surface area (Å²) in [5.41, 5.74) is 1.79. The van der Waals surface area contributed by atoms with Gasteiger partial charge >= 0.3 is 0 Å². The van der Waals surface area contributed by atoms with Gasteiger partial charge in [0.1, 0.15) is 17.3 Å². The molecule has 9 heteroatoms. The Hall–Kier alpha value is -2.75. The van der Waals surface area contributed by atoms with Crippen molar-refractivity contribution in [2.45, 2.75) is 11.8 Å². The number of anilines is 1. The van der Waals surface area contributed by atoms with Crippen molar-refractivity contribution in [2.24, 2.45) is 0 Å². The average Bonchev–Trinajstić information content (AvgIpc) is 3.23. The van der Waals surface area contributed by atoms with Crippen LogP contribution in [0.15, 0.2) is 52.0 Å². The van der Waals surface area contributed by atoms with Gasteiger partial charge in [-0.1, -0.05) is 6.07 Å². The number of ether oxygens (including phenoxy) is 3. The van der Waals surface area contributed by atoms with Gasteiger partial charge in [-0.05, 0) is 36.8 Å². The number of methoxy groups -OCH3 is 1. The fourth-order valence-corrected chi connectivity index (χ4v) is 4.82. The van der Waals surface area contributed by atoms with E-state index in [2.05, 4.69) is 9.62 Å². The second kappa shape index (κ2) is 9.17. The maximum atomic E-state index is 13.1. The first kappa shape index (κ1) is 21.5. The quantitative estimate of drug-likeness (QED) is 0.568. The molecule has 31 heavy (non-hydrogen) atoms. The molecule has 1 aromatic heterocycles. The number of aryl methyl sites for hydroxylation is 1. The number of fused-ring (bicyclic) bond motifs is 1. The van der Waals surface area contributed by atoms with Gasteiger partial charge in [0.2, 0.25) is 0 Å². The Morgan fingerprint density at radius 1 is 1.10 bits per heavy atom. The maximum absolute atomic E-state index is 13.1. The summed E-state index contributed by atoms with van der Waals surface area (Å²) in [4.78, 5) is 2.34. The van der Waals surface area contributed by atoms with Crippen LogP contribution in [0.2, 0.25) is 0 Å². The van der Waals surface area contributed by atoms with E-state index in [-0.39, 0.29) is 10.6 Å². The number of morpholine rings is 1. The van der Waals surface area contributed by atoms with Crippen molar-refractivity contribution in [1.82, 2.24) is 4.90 Å². The van der Waals surface area contributed by atoms with Crippen molar-refractivity contribution >= 4 is 26.7 Å². The van der Waals surface area contributed by atoms with E-state index >= 15 is 0 Å². The summed E-state index contributed by atoms with van der Waals surface area (Å²) in [6.45, 7) is 6.23. The summed E-state index contributed by atoms with van der Waals surface area (Å²) in [6, 6.07) is 10.2. The predicted molar refractivity (Wildman–Crippen MR) is 118 cm³/mol. The van der Waals surface area contributed by atoms with Gasteiger partial charge in [-0.25, -0.2) is 8.42 Å². The fourth-order valence-electron chi connectivity index (χ4n) is 3.53. The topological polar surface area (TPSA) is 90.2 Å². The van der Waals surface area contributed by atoms with Crippen LogP contribution in [0.5, 0.6) is 11.5 Å². The Balaban J connectivity index is 1.56. The summed E-state index contributed by atoms with van der Waals surface area (Å²) in [5, 5.41) is 0.748. The molecule has 0 spiro atoms. The Labute approximate surface area is 181 Å². The normalized spacial score (nSPS) is 15.2. The summed E-state index contributed by atoms with van der Waals surface area (Å²) < 4.78 is 50.9. The first-order valence-corrected chi connectivity index (χ1v) is 11.6. The van der Waals surface area contributed by atoms with E-state index in [1.54, 1.807) is 42.7 Å². The molecule has 0 amide bonds. The lowest BCUT2D eigenvalue weighted by Gasteiger charge is -2.26. The van der Waals surface area contributed by atoms with E-state index < -0.39 is 10.0 Å². The first-order valence-electron chi connectivity index (χ1n) is 10.1. The summed E-state index contributed by atoms with van der Waals surface area (Å²) in [7, 11) is -2.42. The molecule has 0 saturated carbocycles. The SMILES string of the molecule is COc1ccc(C)cc1S(=O)(=O)Nc1cc(OCCN2CCOCC2)c2occc2c1. The molecule has 0 aliphatic carbocycles. The van der Waals surface area contributed by atoms with Crippen molar-refractivity contribution in [1.29, 1.82) is 0 Å². The maximum Gasteiger partial charge on any atom is 0.265 e. The third-order valence-electron chi connectivity index (χ3n) is 5.15. The van der Waals surface area contributed by atoms with E-state index in [1.165, 1.54) is 7.11 Å². The lowest BCUT2D eigenvalue weighted by Crippen LogP contribution is -2.38. The number of sulfonamides is 1. The molecule has 1 aliphatic heterocycles. The van der Waals surface area contributed by atoms with Crippen LogP contribution in [0.4, 0.5) is 5.69 Å². The molecular formula is C22H26N2O6S. The largest absolute Gasteiger partial charge is 0.495 e. The van der Waals surface area contributed by atoms with Crippen LogP contribution in [0.1, 0.15) is 5.56 Å². The molecule has 0 atom stereocenters. The average molecular weight is 447 g/mol. The molecule has 0 bridgehead atoms. The van der Waals surface area contributed by atoms with E-state index in [0.717, 1.165) is 43.8 Å². The van der Waals surface area contributed by atoms with Gasteiger partial charge in [-0.2, -0.15) is 0 Å². The van der Waals surface area contributed by atoms with Gasteiger partial charge in [0.05, 0.1) is 32.3 Å².